The van der Waals surface area contributed by atoms with E-state index in [1.807, 2.05) is 40.9 Å². The molecule has 7 nitrogen and oxygen atoms in total. The first-order valence-corrected chi connectivity index (χ1v) is 10.4. The molecule has 0 radical (unpaired) electrons. The fraction of sp³-hybridized carbons (Fsp3) is 0.0400. The van der Waals surface area contributed by atoms with Gasteiger partial charge in [-0.15, -0.1) is 13.2 Å². The minimum absolute atomic E-state index is 0.304. The highest BCUT2D eigenvalue weighted by Gasteiger charge is 2.30. The molecule has 0 atom stereocenters. The SMILES string of the molecule is O=C(Nc1ccc(Oc2cc3nccn3c3ccccc23)cc1)Nc1ccc(OC(F)(F)F)cc1. The van der Waals surface area contributed by atoms with Crippen LogP contribution in [0.1, 0.15) is 0 Å². The van der Waals surface area contributed by atoms with Gasteiger partial charge in [-0.2, -0.15) is 0 Å². The average molecular weight is 478 g/mol. The Morgan fingerprint density at radius 2 is 1.49 bits per heavy atom. The number of hydrogen-bond donors (Lipinski definition) is 2. The van der Waals surface area contributed by atoms with E-state index in [4.69, 9.17) is 4.74 Å². The molecule has 0 aliphatic carbocycles. The van der Waals surface area contributed by atoms with E-state index in [1.165, 1.54) is 12.1 Å². The summed E-state index contributed by atoms with van der Waals surface area (Å²) >= 11 is 0. The van der Waals surface area contributed by atoms with Crippen LogP contribution in [0.25, 0.3) is 16.6 Å². The summed E-state index contributed by atoms with van der Waals surface area (Å²) in [6, 6.07) is 20.7. The first kappa shape index (κ1) is 22.1. The molecule has 0 fully saturated rings. The van der Waals surface area contributed by atoms with E-state index in [2.05, 4.69) is 20.4 Å². The van der Waals surface area contributed by atoms with Crippen LogP contribution < -0.4 is 20.1 Å². The maximum absolute atomic E-state index is 12.2. The standard InChI is InChI=1S/C25H17F3N4O3/c26-25(27,28)35-19-11-7-17(8-12-19)31-24(33)30-16-5-9-18(10-6-16)34-22-15-23-29-13-14-32(23)21-4-2-1-3-20(21)22/h1-15H,(H2,30,31,33). The maximum Gasteiger partial charge on any atom is 0.573 e. The predicted molar refractivity (Wildman–Crippen MR) is 125 cm³/mol. The van der Waals surface area contributed by atoms with Gasteiger partial charge in [0.05, 0.1) is 5.52 Å². The summed E-state index contributed by atoms with van der Waals surface area (Å²) in [5.74, 6) is 0.840. The summed E-state index contributed by atoms with van der Waals surface area (Å²) in [5, 5.41) is 6.12. The Morgan fingerprint density at radius 3 is 2.14 bits per heavy atom. The van der Waals surface area contributed by atoms with Crippen LogP contribution >= 0.6 is 0 Å². The Bertz CT molecular complexity index is 1500. The van der Waals surface area contributed by atoms with Crippen molar-refractivity contribution in [3.8, 4) is 17.2 Å². The number of nitrogens with zero attached hydrogens (tertiary/aromatic N) is 2. The molecular weight excluding hydrogens is 461 g/mol. The number of ether oxygens (including phenoxy) is 2. The highest BCUT2D eigenvalue weighted by molar-refractivity contribution is 5.99. The number of aromatic nitrogens is 2. The molecule has 5 aromatic rings. The van der Waals surface area contributed by atoms with Crippen molar-refractivity contribution in [3.05, 3.63) is 91.3 Å². The second-order valence-electron chi connectivity index (χ2n) is 7.46. The van der Waals surface area contributed by atoms with Crippen LogP contribution in [-0.2, 0) is 0 Å². The van der Waals surface area contributed by atoms with Gasteiger partial charge < -0.3 is 20.1 Å². The zero-order valence-corrected chi connectivity index (χ0v) is 17.9. The van der Waals surface area contributed by atoms with Crippen molar-refractivity contribution >= 4 is 34.0 Å². The Morgan fingerprint density at radius 1 is 0.857 bits per heavy atom. The lowest BCUT2D eigenvalue weighted by atomic mass is 10.2. The van der Waals surface area contributed by atoms with Gasteiger partial charge in [0.15, 0.2) is 0 Å². The number of imidazole rings is 1. The summed E-state index contributed by atoms with van der Waals surface area (Å²) in [5.41, 5.74) is 2.52. The lowest BCUT2D eigenvalue weighted by molar-refractivity contribution is -0.274. The number of nitrogens with one attached hydrogen (secondary N) is 2. The third-order valence-corrected chi connectivity index (χ3v) is 5.04. The normalized spacial score (nSPS) is 11.4. The highest BCUT2D eigenvalue weighted by Crippen LogP contribution is 2.32. The van der Waals surface area contributed by atoms with Crippen LogP contribution in [0.5, 0.6) is 17.2 Å². The van der Waals surface area contributed by atoms with E-state index >= 15 is 0 Å². The van der Waals surface area contributed by atoms with Crippen LogP contribution in [0.4, 0.5) is 29.3 Å². The molecule has 35 heavy (non-hydrogen) atoms. The molecule has 0 bridgehead atoms. The van der Waals surface area contributed by atoms with Gasteiger partial charge in [-0.05, 0) is 60.7 Å². The third kappa shape index (κ3) is 5.11. The zero-order valence-electron chi connectivity index (χ0n) is 17.9. The fourth-order valence-electron chi connectivity index (χ4n) is 3.56. The molecule has 0 saturated heterocycles. The minimum atomic E-state index is -4.78. The van der Waals surface area contributed by atoms with Crippen molar-refractivity contribution in [3.63, 3.8) is 0 Å². The maximum atomic E-state index is 12.2. The molecule has 0 unspecified atom stereocenters. The van der Waals surface area contributed by atoms with Gasteiger partial charge in [0.1, 0.15) is 22.9 Å². The van der Waals surface area contributed by atoms with E-state index < -0.39 is 12.4 Å². The first-order valence-electron chi connectivity index (χ1n) is 10.4. The number of carbonyl (C=O) groups excluding carboxylic acids is 1. The number of benzene rings is 3. The molecule has 2 aromatic heterocycles. The number of urea groups is 1. The molecule has 0 spiro atoms. The Balaban J connectivity index is 1.24. The number of pyridine rings is 1. The van der Waals surface area contributed by atoms with Crippen molar-refractivity contribution in [1.29, 1.82) is 0 Å². The van der Waals surface area contributed by atoms with Crippen LogP contribution in [0.15, 0.2) is 91.3 Å². The number of para-hydroxylation sites is 1. The number of anilines is 2. The molecule has 3 aromatic carbocycles. The number of rotatable bonds is 5. The van der Waals surface area contributed by atoms with E-state index in [9.17, 15) is 18.0 Å². The van der Waals surface area contributed by atoms with Crippen molar-refractivity contribution in [1.82, 2.24) is 9.38 Å². The van der Waals surface area contributed by atoms with Gasteiger partial charge in [0, 0.05) is 35.2 Å². The van der Waals surface area contributed by atoms with Crippen molar-refractivity contribution in [2.24, 2.45) is 0 Å². The topological polar surface area (TPSA) is 76.9 Å². The molecule has 0 aliphatic rings. The van der Waals surface area contributed by atoms with Gasteiger partial charge in [-0.25, -0.2) is 9.78 Å². The van der Waals surface area contributed by atoms with Gasteiger partial charge in [-0.3, -0.25) is 4.40 Å². The number of halogens is 3. The third-order valence-electron chi connectivity index (χ3n) is 5.04. The molecule has 10 heteroatoms. The van der Waals surface area contributed by atoms with Gasteiger partial charge in [-0.1, -0.05) is 12.1 Å². The molecule has 0 saturated carbocycles. The lowest BCUT2D eigenvalue weighted by Gasteiger charge is -2.12. The molecule has 0 aliphatic heterocycles. The van der Waals surface area contributed by atoms with Crippen molar-refractivity contribution < 1.29 is 27.4 Å². The van der Waals surface area contributed by atoms with Crippen LogP contribution in [0.2, 0.25) is 0 Å². The monoisotopic (exact) mass is 478 g/mol. The predicted octanol–water partition coefficient (Wildman–Crippen LogP) is 6.82. The van der Waals surface area contributed by atoms with E-state index in [1.54, 1.807) is 30.5 Å². The molecule has 2 heterocycles. The van der Waals surface area contributed by atoms with Crippen LogP contribution in [0, 0.1) is 0 Å². The number of fused-ring (bicyclic) bond motifs is 3. The smallest absolute Gasteiger partial charge is 0.457 e. The molecule has 176 valence electrons. The molecule has 2 amide bonds. The molecule has 2 N–H and O–H groups in total. The average Bonchev–Trinajstić information content (AvgIpc) is 3.30. The van der Waals surface area contributed by atoms with Crippen LogP contribution in [0.3, 0.4) is 0 Å². The number of amides is 2. The molecular formula is C25H17F3N4O3. The fourth-order valence-corrected chi connectivity index (χ4v) is 3.56. The Hall–Kier alpha value is -4.73. The van der Waals surface area contributed by atoms with Crippen molar-refractivity contribution in [2.75, 3.05) is 10.6 Å². The summed E-state index contributed by atoms with van der Waals surface area (Å²) in [6.45, 7) is 0. The lowest BCUT2D eigenvalue weighted by Crippen LogP contribution is -2.19. The number of alkyl halides is 3. The van der Waals surface area contributed by atoms with Gasteiger partial charge in [0.2, 0.25) is 0 Å². The van der Waals surface area contributed by atoms with Crippen LogP contribution in [-0.4, -0.2) is 21.8 Å². The van der Waals surface area contributed by atoms with E-state index in [0.29, 0.717) is 22.9 Å². The first-order chi connectivity index (χ1) is 16.8. The summed E-state index contributed by atoms with van der Waals surface area (Å²) in [4.78, 5) is 16.6. The second-order valence-corrected chi connectivity index (χ2v) is 7.46. The van der Waals surface area contributed by atoms with Gasteiger partial charge in [0.25, 0.3) is 0 Å². The van der Waals surface area contributed by atoms with Crippen molar-refractivity contribution in [2.45, 2.75) is 6.36 Å². The largest absolute Gasteiger partial charge is 0.573 e. The second kappa shape index (κ2) is 8.90. The van der Waals surface area contributed by atoms with Gasteiger partial charge >= 0.3 is 12.4 Å². The Kier molecular flexibility index (Phi) is 5.61. The summed E-state index contributed by atoms with van der Waals surface area (Å²) in [7, 11) is 0. The molecule has 5 rings (SSSR count). The summed E-state index contributed by atoms with van der Waals surface area (Å²) < 4.78 is 48.6. The Labute approximate surface area is 196 Å². The van der Waals surface area contributed by atoms with E-state index in [0.717, 1.165) is 28.7 Å². The summed E-state index contributed by atoms with van der Waals surface area (Å²) in [6.07, 6.45) is -1.17. The number of hydrogen-bond acceptors (Lipinski definition) is 4. The number of carbonyl (C=O) groups is 1. The minimum Gasteiger partial charge on any atom is -0.457 e. The highest BCUT2D eigenvalue weighted by atomic mass is 19.4. The van der Waals surface area contributed by atoms with E-state index in [-0.39, 0.29) is 5.75 Å². The zero-order chi connectivity index (χ0) is 24.4. The quantitative estimate of drug-likeness (QED) is 0.291.